The van der Waals surface area contributed by atoms with E-state index in [-0.39, 0.29) is 11.9 Å². The van der Waals surface area contributed by atoms with Crippen molar-refractivity contribution in [3.8, 4) is 11.8 Å². The summed E-state index contributed by atoms with van der Waals surface area (Å²) in [5.74, 6) is 1.24. The zero-order valence-electron chi connectivity index (χ0n) is 20.6. The highest BCUT2D eigenvalue weighted by atomic mass is 16.5. The normalized spacial score (nSPS) is 19.0. The predicted octanol–water partition coefficient (Wildman–Crippen LogP) is 7.76. The van der Waals surface area contributed by atoms with Crippen molar-refractivity contribution in [2.45, 2.75) is 90.9 Å². The Kier molecular flexibility index (Phi) is 9.55. The zero-order valence-corrected chi connectivity index (χ0v) is 20.6. The van der Waals surface area contributed by atoms with Gasteiger partial charge in [0.2, 0.25) is 0 Å². The Morgan fingerprint density at radius 2 is 1.73 bits per heavy atom. The van der Waals surface area contributed by atoms with Crippen LogP contribution in [0.1, 0.15) is 100 Å². The monoisotopic (exact) mass is 445 g/mol. The number of rotatable bonds is 10. The molecule has 0 heterocycles. The Bertz CT molecular complexity index is 933. The minimum Gasteiger partial charge on any atom is -0.425 e. The maximum absolute atomic E-state index is 12.8. The Hall–Kier alpha value is -2.60. The van der Waals surface area contributed by atoms with Crippen molar-refractivity contribution in [3.05, 3.63) is 64.7 Å². The molecular weight excluding hydrogens is 406 g/mol. The molecule has 1 atom stereocenters. The van der Waals surface area contributed by atoms with Gasteiger partial charge in [-0.2, -0.15) is 5.26 Å². The van der Waals surface area contributed by atoms with Crippen LogP contribution in [0.5, 0.6) is 5.75 Å². The topological polar surface area (TPSA) is 50.1 Å². The number of carbonyl (C=O) groups excluding carboxylic acids is 1. The highest BCUT2D eigenvalue weighted by Gasteiger charge is 2.29. The molecule has 1 aliphatic rings. The zero-order chi connectivity index (χ0) is 23.6. The summed E-state index contributed by atoms with van der Waals surface area (Å²) >= 11 is 0. The van der Waals surface area contributed by atoms with Gasteiger partial charge in [0, 0.05) is 0 Å². The summed E-state index contributed by atoms with van der Waals surface area (Å²) in [5, 5.41) is 9.61. The van der Waals surface area contributed by atoms with Crippen molar-refractivity contribution in [2.24, 2.45) is 11.8 Å². The van der Waals surface area contributed by atoms with Gasteiger partial charge in [-0.15, -0.1) is 0 Å². The molecule has 1 saturated carbocycles. The summed E-state index contributed by atoms with van der Waals surface area (Å²) in [6.07, 6.45) is 10.6. The lowest BCUT2D eigenvalue weighted by Gasteiger charge is -2.27. The largest absolute Gasteiger partial charge is 0.425 e. The molecule has 0 aliphatic heterocycles. The van der Waals surface area contributed by atoms with Gasteiger partial charge in [-0.1, -0.05) is 76.8 Å². The Morgan fingerprint density at radius 1 is 1.03 bits per heavy atom. The number of hydrogen-bond acceptors (Lipinski definition) is 3. The number of carbonyl (C=O) groups is 1. The first kappa shape index (κ1) is 25.0. The van der Waals surface area contributed by atoms with E-state index in [1.807, 2.05) is 18.2 Å². The van der Waals surface area contributed by atoms with Crippen molar-refractivity contribution in [1.29, 1.82) is 5.26 Å². The first-order chi connectivity index (χ1) is 16.0. The maximum Gasteiger partial charge on any atom is 0.314 e. The summed E-state index contributed by atoms with van der Waals surface area (Å²) < 4.78 is 5.72. The van der Waals surface area contributed by atoms with Crippen molar-refractivity contribution < 1.29 is 9.53 Å². The molecule has 176 valence electrons. The lowest BCUT2D eigenvalue weighted by Crippen LogP contribution is -2.25. The third kappa shape index (κ3) is 7.19. The Morgan fingerprint density at radius 3 is 2.36 bits per heavy atom. The minimum atomic E-state index is -0.188. The van der Waals surface area contributed by atoms with Crippen molar-refractivity contribution in [1.82, 2.24) is 0 Å². The van der Waals surface area contributed by atoms with Crippen LogP contribution in [0.25, 0.3) is 0 Å². The summed E-state index contributed by atoms with van der Waals surface area (Å²) in [7, 11) is 0. The highest BCUT2D eigenvalue weighted by Crippen LogP contribution is 2.37. The van der Waals surface area contributed by atoms with Crippen LogP contribution in [0.3, 0.4) is 0 Å². The van der Waals surface area contributed by atoms with E-state index in [0.717, 1.165) is 44.1 Å². The van der Waals surface area contributed by atoms with Crippen LogP contribution in [0.4, 0.5) is 0 Å². The second kappa shape index (κ2) is 12.6. The first-order valence-electron chi connectivity index (χ1n) is 12.9. The van der Waals surface area contributed by atoms with Crippen molar-refractivity contribution in [2.75, 3.05) is 0 Å². The smallest absolute Gasteiger partial charge is 0.314 e. The van der Waals surface area contributed by atoms with Gasteiger partial charge in [-0.25, -0.2) is 0 Å². The van der Waals surface area contributed by atoms with Gasteiger partial charge >= 0.3 is 5.97 Å². The molecule has 33 heavy (non-hydrogen) atoms. The molecule has 3 nitrogen and oxygen atoms in total. The van der Waals surface area contributed by atoms with Crippen LogP contribution in [0.15, 0.2) is 42.5 Å². The molecule has 3 rings (SSSR count). The average molecular weight is 446 g/mol. The summed E-state index contributed by atoms with van der Waals surface area (Å²) in [6, 6.07) is 16.9. The second-order valence-electron chi connectivity index (χ2n) is 9.86. The number of esters is 1. The lowest BCUT2D eigenvalue weighted by molar-refractivity contribution is -0.140. The number of nitrogens with zero attached hydrogens (tertiary/aromatic N) is 1. The molecule has 0 N–H and O–H groups in total. The van der Waals surface area contributed by atoms with Crippen molar-refractivity contribution >= 4 is 5.97 Å². The van der Waals surface area contributed by atoms with Crippen LogP contribution in [0.2, 0.25) is 0 Å². The number of benzene rings is 2. The van der Waals surface area contributed by atoms with Gasteiger partial charge in [0.25, 0.3) is 0 Å². The molecule has 3 heteroatoms. The first-order valence-corrected chi connectivity index (χ1v) is 12.9. The van der Waals surface area contributed by atoms with Crippen LogP contribution < -0.4 is 4.74 Å². The molecule has 2 aromatic rings. The van der Waals surface area contributed by atoms with E-state index in [1.165, 1.54) is 36.8 Å². The highest BCUT2D eigenvalue weighted by molar-refractivity contribution is 5.76. The quantitative estimate of drug-likeness (QED) is 0.277. The van der Waals surface area contributed by atoms with E-state index in [2.05, 4.69) is 51.1 Å². The fourth-order valence-corrected chi connectivity index (χ4v) is 5.04. The van der Waals surface area contributed by atoms with Crippen LogP contribution in [0, 0.1) is 23.2 Å². The summed E-state index contributed by atoms with van der Waals surface area (Å²) in [4.78, 5) is 12.8. The third-order valence-electron chi connectivity index (χ3n) is 7.06. The summed E-state index contributed by atoms with van der Waals surface area (Å²) in [6.45, 7) is 6.67. The molecule has 0 amide bonds. The second-order valence-corrected chi connectivity index (χ2v) is 9.86. The van der Waals surface area contributed by atoms with Gasteiger partial charge in [0.05, 0.1) is 11.5 Å². The van der Waals surface area contributed by atoms with E-state index in [4.69, 9.17) is 4.74 Å². The van der Waals surface area contributed by atoms with Crippen LogP contribution in [-0.2, 0) is 17.6 Å². The van der Waals surface area contributed by atoms with Crippen LogP contribution in [-0.4, -0.2) is 5.97 Å². The van der Waals surface area contributed by atoms with E-state index in [9.17, 15) is 10.1 Å². The molecule has 1 aliphatic carbocycles. The third-order valence-corrected chi connectivity index (χ3v) is 7.06. The van der Waals surface area contributed by atoms with E-state index in [0.29, 0.717) is 23.1 Å². The fourth-order valence-electron chi connectivity index (χ4n) is 5.04. The van der Waals surface area contributed by atoms with Gasteiger partial charge in [0.15, 0.2) is 0 Å². The minimum absolute atomic E-state index is 0.0825. The number of nitriles is 1. The van der Waals surface area contributed by atoms with Gasteiger partial charge in [-0.3, -0.25) is 4.79 Å². The van der Waals surface area contributed by atoms with E-state index >= 15 is 0 Å². The van der Waals surface area contributed by atoms with Gasteiger partial charge in [-0.05, 0) is 79.2 Å². The predicted molar refractivity (Wildman–Crippen MR) is 134 cm³/mol. The standard InChI is InChI=1S/C30H39NO2/c1-4-6-8-22(3)19-24-11-18-29(28(20-24)21-31)33-30(32)27-16-14-26(15-17-27)25-12-9-23(7-5-2)10-13-25/h9-13,18,20,22,26-27H,4-8,14-17,19H2,1-3H3. The number of ether oxygens (including phenoxy) is 1. The van der Waals surface area contributed by atoms with E-state index < -0.39 is 0 Å². The molecular formula is C30H39NO2. The van der Waals surface area contributed by atoms with Crippen molar-refractivity contribution in [3.63, 3.8) is 0 Å². The fraction of sp³-hybridized carbons (Fsp3) is 0.533. The maximum atomic E-state index is 12.8. The molecule has 0 spiro atoms. The number of aryl methyl sites for hydroxylation is 1. The number of unbranched alkanes of at least 4 members (excludes halogenated alkanes) is 1. The molecule has 0 saturated heterocycles. The molecule has 1 unspecified atom stereocenters. The molecule has 2 aromatic carbocycles. The SMILES string of the molecule is CCCCC(C)Cc1ccc(OC(=O)C2CCC(c3ccc(CCC)cc3)CC2)c(C#N)c1. The average Bonchev–Trinajstić information content (AvgIpc) is 2.84. The Balaban J connectivity index is 1.54. The van der Waals surface area contributed by atoms with E-state index in [1.54, 1.807) is 0 Å². The molecule has 1 fully saturated rings. The lowest BCUT2D eigenvalue weighted by atomic mass is 9.78. The molecule has 0 aromatic heterocycles. The molecule has 0 bridgehead atoms. The Labute approximate surface area is 200 Å². The van der Waals surface area contributed by atoms with Gasteiger partial charge in [0.1, 0.15) is 11.8 Å². The van der Waals surface area contributed by atoms with Gasteiger partial charge < -0.3 is 4.74 Å². The summed E-state index contributed by atoms with van der Waals surface area (Å²) in [5.41, 5.74) is 4.38. The van der Waals surface area contributed by atoms with Crippen LogP contribution >= 0.6 is 0 Å². The molecule has 0 radical (unpaired) electrons. The number of hydrogen-bond donors (Lipinski definition) is 0.